The summed E-state index contributed by atoms with van der Waals surface area (Å²) in [6.07, 6.45) is -2.94. The van der Waals surface area contributed by atoms with Crippen LogP contribution in [0.1, 0.15) is 37.9 Å². The summed E-state index contributed by atoms with van der Waals surface area (Å²) in [4.78, 5) is 3.89. The van der Waals surface area contributed by atoms with E-state index in [9.17, 15) is 13.2 Å². The van der Waals surface area contributed by atoms with Crippen molar-refractivity contribution in [3.05, 3.63) is 29.6 Å². The van der Waals surface area contributed by atoms with Gasteiger partial charge < -0.3 is 5.32 Å². The normalized spacial score (nSPS) is 15.6. The first-order valence-electron chi connectivity index (χ1n) is 5.63. The molecule has 0 bridgehead atoms. The highest BCUT2D eigenvalue weighted by Crippen LogP contribution is 2.34. The smallest absolute Gasteiger partial charge is 0.314 e. The maximum Gasteiger partial charge on any atom is 0.418 e. The van der Waals surface area contributed by atoms with E-state index < -0.39 is 11.7 Å². The number of rotatable bonds is 4. The molecule has 0 aliphatic rings. The Labute approximate surface area is 99.3 Å². The van der Waals surface area contributed by atoms with Crippen LogP contribution in [0.2, 0.25) is 0 Å². The lowest BCUT2D eigenvalue weighted by molar-refractivity contribution is -0.138. The molecule has 0 amide bonds. The lowest BCUT2D eigenvalue weighted by atomic mass is 9.95. The fourth-order valence-corrected chi connectivity index (χ4v) is 1.76. The van der Waals surface area contributed by atoms with Gasteiger partial charge in [0.2, 0.25) is 0 Å². The van der Waals surface area contributed by atoms with Crippen molar-refractivity contribution in [3.8, 4) is 0 Å². The lowest BCUT2D eigenvalue weighted by Gasteiger charge is -2.23. The van der Waals surface area contributed by atoms with Crippen molar-refractivity contribution < 1.29 is 13.2 Å². The number of hydrogen-bond donors (Lipinski definition) is 1. The van der Waals surface area contributed by atoms with Gasteiger partial charge in [0.25, 0.3) is 0 Å². The summed E-state index contributed by atoms with van der Waals surface area (Å²) < 4.78 is 38.4. The number of aromatic nitrogens is 1. The first kappa shape index (κ1) is 14.0. The van der Waals surface area contributed by atoms with Gasteiger partial charge in [-0.3, -0.25) is 4.98 Å². The summed E-state index contributed by atoms with van der Waals surface area (Å²) in [6.45, 7) is 6.26. The third-order valence-electron chi connectivity index (χ3n) is 2.85. The number of likely N-dealkylation sites (N-methyl/N-ethyl adjacent to an activating group) is 1. The maximum atomic E-state index is 12.8. The fraction of sp³-hybridized carbons (Fsp3) is 0.583. The average molecular weight is 246 g/mol. The van der Waals surface area contributed by atoms with Crippen LogP contribution in [0, 0.1) is 0 Å². The highest BCUT2D eigenvalue weighted by molar-refractivity contribution is 5.26. The van der Waals surface area contributed by atoms with Crippen molar-refractivity contribution >= 4 is 0 Å². The van der Waals surface area contributed by atoms with Crippen LogP contribution in [0.3, 0.4) is 0 Å². The molecule has 2 nitrogen and oxygen atoms in total. The van der Waals surface area contributed by atoms with Crippen LogP contribution >= 0.6 is 0 Å². The van der Waals surface area contributed by atoms with Crippen molar-refractivity contribution in [1.82, 2.24) is 10.3 Å². The molecule has 1 rings (SSSR count). The molecule has 1 heterocycles. The first-order chi connectivity index (χ1) is 7.88. The summed E-state index contributed by atoms with van der Waals surface area (Å²) >= 11 is 0. The number of hydrogen-bond acceptors (Lipinski definition) is 2. The van der Waals surface area contributed by atoms with Crippen LogP contribution in [0.15, 0.2) is 18.3 Å². The van der Waals surface area contributed by atoms with Crippen molar-refractivity contribution in [2.24, 2.45) is 0 Å². The van der Waals surface area contributed by atoms with E-state index in [0.29, 0.717) is 0 Å². The minimum absolute atomic E-state index is 0.0454. The molecule has 0 saturated carbocycles. The van der Waals surface area contributed by atoms with Gasteiger partial charge in [-0.15, -0.1) is 0 Å². The van der Waals surface area contributed by atoms with Gasteiger partial charge >= 0.3 is 6.18 Å². The van der Waals surface area contributed by atoms with Crippen molar-refractivity contribution in [1.29, 1.82) is 0 Å². The second-order valence-electron chi connectivity index (χ2n) is 4.07. The molecule has 96 valence electrons. The van der Waals surface area contributed by atoms with E-state index >= 15 is 0 Å². The summed E-state index contributed by atoms with van der Waals surface area (Å²) in [6, 6.07) is 2.35. The SMILES string of the molecule is CCNC(C)C(C)c1ncccc1C(F)(F)F. The van der Waals surface area contributed by atoms with Gasteiger partial charge in [-0.1, -0.05) is 13.8 Å². The molecule has 1 aromatic heterocycles. The zero-order valence-corrected chi connectivity index (χ0v) is 10.2. The predicted octanol–water partition coefficient (Wildman–Crippen LogP) is 3.20. The number of halogens is 3. The first-order valence-corrected chi connectivity index (χ1v) is 5.63. The van der Waals surface area contributed by atoms with Crippen LogP contribution in [0.4, 0.5) is 13.2 Å². The Kier molecular flexibility index (Phi) is 4.51. The van der Waals surface area contributed by atoms with Gasteiger partial charge in [0, 0.05) is 18.2 Å². The quantitative estimate of drug-likeness (QED) is 0.882. The second-order valence-corrected chi connectivity index (χ2v) is 4.07. The summed E-state index contributed by atoms with van der Waals surface area (Å²) in [5, 5.41) is 3.12. The molecule has 2 atom stereocenters. The molecule has 0 spiro atoms. The molecule has 1 N–H and O–H groups in total. The van der Waals surface area contributed by atoms with E-state index in [1.807, 2.05) is 13.8 Å². The van der Waals surface area contributed by atoms with Crippen molar-refractivity contribution in [2.45, 2.75) is 38.9 Å². The third kappa shape index (κ3) is 3.43. The van der Waals surface area contributed by atoms with Gasteiger partial charge in [-0.2, -0.15) is 13.2 Å². The maximum absolute atomic E-state index is 12.8. The second kappa shape index (κ2) is 5.49. The summed E-state index contributed by atoms with van der Waals surface area (Å²) in [5.41, 5.74) is -0.536. The minimum Gasteiger partial charge on any atom is -0.314 e. The van der Waals surface area contributed by atoms with Gasteiger partial charge in [-0.05, 0) is 25.6 Å². The van der Waals surface area contributed by atoms with Crippen LogP contribution in [-0.4, -0.2) is 17.6 Å². The van der Waals surface area contributed by atoms with Crippen LogP contribution < -0.4 is 5.32 Å². The molecule has 5 heteroatoms. The Bertz CT molecular complexity index is 363. The molecule has 0 fully saturated rings. The Morgan fingerprint density at radius 2 is 2.00 bits per heavy atom. The molecule has 0 aliphatic heterocycles. The van der Waals surface area contributed by atoms with E-state index in [0.717, 1.165) is 12.6 Å². The van der Waals surface area contributed by atoms with E-state index in [2.05, 4.69) is 10.3 Å². The van der Waals surface area contributed by atoms with Crippen LogP contribution in [-0.2, 0) is 6.18 Å². The van der Waals surface area contributed by atoms with Gasteiger partial charge in [0.1, 0.15) is 0 Å². The molecular formula is C12H17F3N2. The Morgan fingerprint density at radius 1 is 1.35 bits per heavy atom. The van der Waals surface area contributed by atoms with Gasteiger partial charge in [-0.25, -0.2) is 0 Å². The minimum atomic E-state index is -4.34. The molecule has 17 heavy (non-hydrogen) atoms. The topological polar surface area (TPSA) is 24.9 Å². The molecule has 0 radical (unpaired) electrons. The van der Waals surface area contributed by atoms with E-state index in [-0.39, 0.29) is 17.7 Å². The molecule has 0 saturated heterocycles. The van der Waals surface area contributed by atoms with Gasteiger partial charge in [0.05, 0.1) is 11.3 Å². The predicted molar refractivity (Wildman–Crippen MR) is 60.8 cm³/mol. The lowest BCUT2D eigenvalue weighted by Crippen LogP contribution is -2.32. The number of nitrogens with zero attached hydrogens (tertiary/aromatic N) is 1. The van der Waals surface area contributed by atoms with E-state index in [1.54, 1.807) is 6.92 Å². The zero-order valence-electron chi connectivity index (χ0n) is 10.2. The standard InChI is InChI=1S/C12H17F3N2/c1-4-16-9(3)8(2)11-10(12(13,14)15)6-5-7-17-11/h5-9,16H,4H2,1-3H3. The molecule has 1 aromatic rings. The van der Waals surface area contributed by atoms with E-state index in [4.69, 9.17) is 0 Å². The Balaban J connectivity index is 3.05. The number of pyridine rings is 1. The van der Waals surface area contributed by atoms with E-state index in [1.165, 1.54) is 12.3 Å². The fourth-order valence-electron chi connectivity index (χ4n) is 1.76. The Morgan fingerprint density at radius 3 is 2.53 bits per heavy atom. The Hall–Kier alpha value is -1.10. The van der Waals surface area contributed by atoms with Gasteiger partial charge in [0.15, 0.2) is 0 Å². The van der Waals surface area contributed by atoms with Crippen molar-refractivity contribution in [2.75, 3.05) is 6.54 Å². The molecule has 0 aliphatic carbocycles. The molecular weight excluding hydrogens is 229 g/mol. The van der Waals surface area contributed by atoms with Crippen LogP contribution in [0.5, 0.6) is 0 Å². The summed E-state index contributed by atoms with van der Waals surface area (Å²) in [5.74, 6) is -0.284. The molecule has 2 unspecified atom stereocenters. The monoisotopic (exact) mass is 246 g/mol. The van der Waals surface area contributed by atoms with Crippen molar-refractivity contribution in [3.63, 3.8) is 0 Å². The highest BCUT2D eigenvalue weighted by atomic mass is 19.4. The molecule has 0 aromatic carbocycles. The largest absolute Gasteiger partial charge is 0.418 e. The zero-order chi connectivity index (χ0) is 13.1. The highest BCUT2D eigenvalue weighted by Gasteiger charge is 2.35. The average Bonchev–Trinajstić information content (AvgIpc) is 2.27. The van der Waals surface area contributed by atoms with Crippen LogP contribution in [0.25, 0.3) is 0 Å². The number of nitrogens with one attached hydrogen (secondary N) is 1. The third-order valence-corrected chi connectivity index (χ3v) is 2.85. The number of alkyl halides is 3. The summed E-state index contributed by atoms with van der Waals surface area (Å²) in [7, 11) is 0.